The Hall–Kier alpha value is -1.41. The van der Waals surface area contributed by atoms with E-state index in [1.54, 1.807) is 14.0 Å². The van der Waals surface area contributed by atoms with Gasteiger partial charge in [0.05, 0.1) is 6.10 Å². The molecule has 0 aliphatic heterocycles. The lowest BCUT2D eigenvalue weighted by Gasteiger charge is -2.08. The lowest BCUT2D eigenvalue weighted by Crippen LogP contribution is -2.07. The summed E-state index contributed by atoms with van der Waals surface area (Å²) in [4.78, 5) is 10.6. The zero-order valence-corrected chi connectivity index (χ0v) is 14.6. The summed E-state index contributed by atoms with van der Waals surface area (Å²) in [5, 5.41) is 0. The molecule has 0 saturated carbocycles. The van der Waals surface area contributed by atoms with Crippen molar-refractivity contribution in [2.75, 3.05) is 7.11 Å². The molecular formula is C19H32O2. The second-order valence-corrected chi connectivity index (χ2v) is 4.55. The summed E-state index contributed by atoms with van der Waals surface area (Å²) in [6.07, 6.45) is 6.67. The van der Waals surface area contributed by atoms with Crippen LogP contribution in [0.15, 0.2) is 42.5 Å². The molecule has 0 aromatic heterocycles. The smallest absolute Gasteiger partial charge is 0.129 e. The molecule has 21 heavy (non-hydrogen) atoms. The van der Waals surface area contributed by atoms with Crippen LogP contribution < -0.4 is 0 Å². The number of methoxy groups -OCH3 is 1. The second kappa shape index (κ2) is 16.6. The number of hydrogen-bond donors (Lipinski definition) is 0. The monoisotopic (exact) mass is 292 g/mol. The highest BCUT2D eigenvalue weighted by Gasteiger charge is 2.02. The fourth-order valence-corrected chi connectivity index (χ4v) is 1.59. The van der Waals surface area contributed by atoms with Gasteiger partial charge in [0.25, 0.3) is 0 Å². The van der Waals surface area contributed by atoms with E-state index in [1.165, 1.54) is 5.56 Å². The molecular weight excluding hydrogens is 260 g/mol. The zero-order valence-electron chi connectivity index (χ0n) is 14.6. The average Bonchev–Trinajstić information content (AvgIpc) is 2.49. The van der Waals surface area contributed by atoms with Crippen molar-refractivity contribution in [2.45, 2.75) is 60.0 Å². The van der Waals surface area contributed by atoms with Crippen molar-refractivity contribution < 1.29 is 9.53 Å². The molecule has 0 fully saturated rings. The number of hydrogen-bond acceptors (Lipinski definition) is 2. The van der Waals surface area contributed by atoms with Crippen LogP contribution in [-0.4, -0.2) is 19.0 Å². The fraction of sp³-hybridized carbons (Fsp3) is 0.526. The Labute approximate surface area is 131 Å². The summed E-state index contributed by atoms with van der Waals surface area (Å²) in [5.41, 5.74) is 1.32. The maximum absolute atomic E-state index is 10.6. The van der Waals surface area contributed by atoms with Gasteiger partial charge in [0.15, 0.2) is 0 Å². The summed E-state index contributed by atoms with van der Waals surface area (Å²) in [6, 6.07) is 10.3. The van der Waals surface area contributed by atoms with Gasteiger partial charge in [-0.3, -0.25) is 0 Å². The molecule has 1 rings (SSSR count). The topological polar surface area (TPSA) is 26.3 Å². The molecule has 1 aromatic rings. The number of Topliss-reactive ketones (excluding diaryl/α,β-unsaturated/α-hetero) is 1. The number of rotatable bonds is 6. The zero-order chi connectivity index (χ0) is 16.5. The van der Waals surface area contributed by atoms with E-state index in [1.807, 2.05) is 51.1 Å². The molecule has 0 aliphatic carbocycles. The van der Waals surface area contributed by atoms with Crippen LogP contribution in [0.2, 0.25) is 0 Å². The van der Waals surface area contributed by atoms with Crippen LogP contribution in [0.3, 0.4) is 0 Å². The summed E-state index contributed by atoms with van der Waals surface area (Å²) in [7, 11) is 1.69. The van der Waals surface area contributed by atoms with E-state index in [-0.39, 0.29) is 11.9 Å². The lowest BCUT2D eigenvalue weighted by molar-refractivity contribution is -0.117. The minimum atomic E-state index is 0.175. The molecule has 2 nitrogen and oxygen atoms in total. The summed E-state index contributed by atoms with van der Waals surface area (Å²) < 4.78 is 5.17. The van der Waals surface area contributed by atoms with Crippen molar-refractivity contribution in [1.82, 2.24) is 0 Å². The quantitative estimate of drug-likeness (QED) is 0.660. The van der Waals surface area contributed by atoms with Crippen LogP contribution in [-0.2, 0) is 9.53 Å². The second-order valence-electron chi connectivity index (χ2n) is 4.55. The van der Waals surface area contributed by atoms with Crippen LogP contribution in [0, 0.1) is 6.92 Å². The van der Waals surface area contributed by atoms with Crippen molar-refractivity contribution >= 4 is 5.78 Å². The van der Waals surface area contributed by atoms with Gasteiger partial charge in [-0.1, -0.05) is 61.9 Å². The Kier molecular flexibility index (Phi) is 17.3. The van der Waals surface area contributed by atoms with Crippen LogP contribution >= 0.6 is 0 Å². The first-order valence-corrected chi connectivity index (χ1v) is 7.76. The Morgan fingerprint density at radius 2 is 1.81 bits per heavy atom. The van der Waals surface area contributed by atoms with Crippen molar-refractivity contribution in [1.29, 1.82) is 0 Å². The van der Waals surface area contributed by atoms with E-state index in [0.717, 1.165) is 12.8 Å². The predicted molar refractivity (Wildman–Crippen MR) is 92.7 cm³/mol. The van der Waals surface area contributed by atoms with E-state index in [0.29, 0.717) is 6.42 Å². The molecule has 0 unspecified atom stereocenters. The first-order valence-electron chi connectivity index (χ1n) is 7.76. The van der Waals surface area contributed by atoms with E-state index in [2.05, 4.69) is 19.1 Å². The number of ketones is 1. The molecule has 0 N–H and O–H groups in total. The average molecular weight is 292 g/mol. The summed E-state index contributed by atoms with van der Waals surface area (Å²) in [6.45, 7) is 9.68. The largest absolute Gasteiger partial charge is 0.377 e. The number of carbonyl (C=O) groups is 1. The van der Waals surface area contributed by atoms with Gasteiger partial charge in [-0.2, -0.15) is 0 Å². The molecule has 0 bridgehead atoms. The van der Waals surface area contributed by atoms with Crippen molar-refractivity contribution in [3.05, 3.63) is 48.0 Å². The van der Waals surface area contributed by atoms with E-state index >= 15 is 0 Å². The number of benzene rings is 1. The molecule has 0 saturated heterocycles. The van der Waals surface area contributed by atoms with E-state index in [4.69, 9.17) is 4.74 Å². The normalized spacial score (nSPS) is 11.0. The third-order valence-electron chi connectivity index (χ3n) is 2.67. The molecule has 0 radical (unpaired) electrons. The molecule has 0 spiro atoms. The van der Waals surface area contributed by atoms with Gasteiger partial charge >= 0.3 is 0 Å². The van der Waals surface area contributed by atoms with Gasteiger partial charge in [-0.25, -0.2) is 0 Å². The molecule has 1 atom stereocenters. The lowest BCUT2D eigenvalue weighted by atomic mass is 10.1. The first kappa shape index (κ1) is 21.9. The minimum absolute atomic E-state index is 0.175. The van der Waals surface area contributed by atoms with Gasteiger partial charge in [-0.05, 0) is 33.6 Å². The molecule has 0 aliphatic rings. The van der Waals surface area contributed by atoms with Crippen LogP contribution in [0.5, 0.6) is 0 Å². The first-order chi connectivity index (χ1) is 10.1. The number of ether oxygens (including phenoxy) is 1. The minimum Gasteiger partial charge on any atom is -0.377 e. The van der Waals surface area contributed by atoms with E-state index in [9.17, 15) is 4.79 Å². The molecule has 0 heterocycles. The number of allylic oxidation sites excluding steroid dienone is 1. The van der Waals surface area contributed by atoms with Crippen LogP contribution in [0.25, 0.3) is 0 Å². The Balaban J connectivity index is 0. The van der Waals surface area contributed by atoms with Crippen LogP contribution in [0.4, 0.5) is 0 Å². The number of carbonyl (C=O) groups excluding carboxylic acids is 1. The van der Waals surface area contributed by atoms with Gasteiger partial charge in [-0.15, -0.1) is 0 Å². The highest BCUT2D eigenvalue weighted by molar-refractivity contribution is 5.75. The predicted octanol–water partition coefficient (Wildman–Crippen LogP) is 5.36. The van der Waals surface area contributed by atoms with Gasteiger partial charge in [0.1, 0.15) is 5.78 Å². The Bertz CT molecular complexity index is 355. The van der Waals surface area contributed by atoms with Gasteiger partial charge < -0.3 is 9.53 Å². The Morgan fingerprint density at radius 3 is 2.14 bits per heavy atom. The maximum atomic E-state index is 10.6. The standard InChI is InChI=1S/C10H18O2.C7H8.C2H6/c1-4-6-10(12-3)8-5-7-9(2)11;1-7-5-3-2-4-6-7;1-2/h4,6,10H,5,7-8H2,1-3H3;2-6H,1H3;1-2H3/b6-4+;;/t10-;;/m1../s1. The van der Waals surface area contributed by atoms with Crippen molar-refractivity contribution in [3.8, 4) is 0 Å². The fourth-order valence-electron chi connectivity index (χ4n) is 1.59. The third-order valence-corrected chi connectivity index (χ3v) is 2.67. The molecule has 0 amide bonds. The van der Waals surface area contributed by atoms with Gasteiger partial charge in [0, 0.05) is 13.5 Å². The highest BCUT2D eigenvalue weighted by atomic mass is 16.5. The molecule has 120 valence electrons. The van der Waals surface area contributed by atoms with Crippen molar-refractivity contribution in [2.24, 2.45) is 0 Å². The van der Waals surface area contributed by atoms with Gasteiger partial charge in [0.2, 0.25) is 0 Å². The Morgan fingerprint density at radius 1 is 1.24 bits per heavy atom. The maximum Gasteiger partial charge on any atom is 0.129 e. The summed E-state index contributed by atoms with van der Waals surface area (Å²) in [5.74, 6) is 0.255. The van der Waals surface area contributed by atoms with E-state index < -0.39 is 0 Å². The third kappa shape index (κ3) is 16.5. The summed E-state index contributed by atoms with van der Waals surface area (Å²) >= 11 is 0. The van der Waals surface area contributed by atoms with Crippen molar-refractivity contribution in [3.63, 3.8) is 0 Å². The highest BCUT2D eigenvalue weighted by Crippen LogP contribution is 2.05. The van der Waals surface area contributed by atoms with Crippen LogP contribution in [0.1, 0.15) is 52.5 Å². The molecule has 1 aromatic carbocycles. The molecule has 2 heteroatoms. The SMILES string of the molecule is C/C=C/[C@H](CCCC(C)=O)OC.CC.Cc1ccccc1. The number of aryl methyl sites for hydroxylation is 1.